The van der Waals surface area contributed by atoms with Crippen molar-refractivity contribution in [3.8, 4) is 33.6 Å². The summed E-state index contributed by atoms with van der Waals surface area (Å²) in [5.41, 5.74) is 7.55. The number of rotatable bonds is 6. The number of aromatic amines is 2. The number of carbonyl (C=O) groups excluding carboxylic acids is 1. The summed E-state index contributed by atoms with van der Waals surface area (Å²) in [6, 6.07) is 12.0. The van der Waals surface area contributed by atoms with Crippen molar-refractivity contribution in [3.63, 3.8) is 0 Å². The second kappa shape index (κ2) is 10.3. The minimum atomic E-state index is 0.0228. The minimum absolute atomic E-state index is 0.0228. The summed E-state index contributed by atoms with van der Waals surface area (Å²) >= 11 is 0. The molecular formula is C30H27N9O. The number of aromatic nitrogens is 7. The first-order valence-electron chi connectivity index (χ1n) is 13.4. The highest BCUT2D eigenvalue weighted by Gasteiger charge is 2.18. The van der Waals surface area contributed by atoms with Crippen LogP contribution in [0.4, 0.5) is 5.69 Å². The van der Waals surface area contributed by atoms with E-state index < -0.39 is 0 Å². The third-order valence-electron chi connectivity index (χ3n) is 7.47. The van der Waals surface area contributed by atoms with Gasteiger partial charge >= 0.3 is 0 Å². The Morgan fingerprint density at radius 1 is 0.900 bits per heavy atom. The normalized spacial score (nSPS) is 14.1. The predicted molar refractivity (Wildman–Crippen MR) is 154 cm³/mol. The molecule has 0 spiro atoms. The summed E-state index contributed by atoms with van der Waals surface area (Å²) in [6.07, 6.45) is 13.2. The number of anilines is 1. The molecule has 1 fully saturated rings. The zero-order valence-electron chi connectivity index (χ0n) is 21.7. The van der Waals surface area contributed by atoms with Gasteiger partial charge in [0.1, 0.15) is 5.65 Å². The van der Waals surface area contributed by atoms with E-state index in [4.69, 9.17) is 0 Å². The third kappa shape index (κ3) is 4.69. The second-order valence-corrected chi connectivity index (χ2v) is 10.1. The van der Waals surface area contributed by atoms with E-state index in [1.165, 1.54) is 0 Å². The monoisotopic (exact) mass is 529 g/mol. The zero-order valence-corrected chi connectivity index (χ0v) is 21.7. The minimum Gasteiger partial charge on any atom is -0.338 e. The van der Waals surface area contributed by atoms with Crippen LogP contribution in [0.15, 0.2) is 73.6 Å². The number of H-pyrrole nitrogens is 2. The molecule has 1 aliphatic rings. The second-order valence-electron chi connectivity index (χ2n) is 10.1. The number of nitrogens with one attached hydrogen (secondary N) is 4. The van der Waals surface area contributed by atoms with Gasteiger partial charge in [0, 0.05) is 64.9 Å². The van der Waals surface area contributed by atoms with Crippen LogP contribution in [-0.4, -0.2) is 54.1 Å². The van der Waals surface area contributed by atoms with Crippen LogP contribution in [0.2, 0.25) is 0 Å². The Morgan fingerprint density at radius 2 is 1.77 bits per heavy atom. The third-order valence-corrected chi connectivity index (χ3v) is 7.47. The largest absolute Gasteiger partial charge is 0.338 e. The maximum atomic E-state index is 12.7. The van der Waals surface area contributed by atoms with Gasteiger partial charge in [-0.2, -0.15) is 5.10 Å². The van der Waals surface area contributed by atoms with Crippen LogP contribution in [-0.2, 0) is 4.79 Å². The van der Waals surface area contributed by atoms with Gasteiger partial charge < -0.3 is 15.6 Å². The van der Waals surface area contributed by atoms with Gasteiger partial charge in [-0.05, 0) is 67.7 Å². The number of carbonyl (C=O) groups is 1. The molecule has 4 N–H and O–H groups in total. The lowest BCUT2D eigenvalue weighted by Gasteiger charge is -2.21. The molecule has 198 valence electrons. The van der Waals surface area contributed by atoms with Gasteiger partial charge in [0.2, 0.25) is 5.91 Å². The fourth-order valence-corrected chi connectivity index (χ4v) is 5.42. The highest BCUT2D eigenvalue weighted by atomic mass is 16.1. The molecule has 0 radical (unpaired) electrons. The van der Waals surface area contributed by atoms with Crippen LogP contribution in [0.3, 0.4) is 0 Å². The van der Waals surface area contributed by atoms with Crippen LogP contribution in [0.1, 0.15) is 19.3 Å². The van der Waals surface area contributed by atoms with Crippen LogP contribution in [0.5, 0.6) is 0 Å². The van der Waals surface area contributed by atoms with E-state index in [9.17, 15) is 4.79 Å². The van der Waals surface area contributed by atoms with Gasteiger partial charge in [-0.3, -0.25) is 19.9 Å². The number of nitrogens with zero attached hydrogens (tertiary/aromatic N) is 5. The first kappa shape index (κ1) is 24.1. The molecule has 1 saturated heterocycles. The van der Waals surface area contributed by atoms with Crippen molar-refractivity contribution in [3.05, 3.63) is 73.6 Å². The lowest BCUT2D eigenvalue weighted by Crippen LogP contribution is -2.30. The molecule has 7 rings (SSSR count). The summed E-state index contributed by atoms with van der Waals surface area (Å²) in [5, 5.41) is 15.8. The quantitative estimate of drug-likeness (QED) is 0.239. The Labute approximate surface area is 229 Å². The van der Waals surface area contributed by atoms with Gasteiger partial charge in [0.05, 0.1) is 23.3 Å². The van der Waals surface area contributed by atoms with E-state index in [-0.39, 0.29) is 5.91 Å². The van der Waals surface area contributed by atoms with Crippen molar-refractivity contribution >= 4 is 33.7 Å². The highest BCUT2D eigenvalue weighted by Crippen LogP contribution is 2.34. The molecule has 7 heterocycles. The Kier molecular flexibility index (Phi) is 6.21. The first-order valence-corrected chi connectivity index (χ1v) is 13.4. The van der Waals surface area contributed by atoms with Crippen molar-refractivity contribution in [2.24, 2.45) is 5.92 Å². The van der Waals surface area contributed by atoms with Gasteiger partial charge in [0.25, 0.3) is 0 Å². The SMILES string of the molecule is O=C(CC1CCNCC1)Nc1cncc(-c2cnc3n[nH]c(-c4cc5c(-c6cccnc6)ccnc5[nH]4)c3c2)c1. The van der Waals surface area contributed by atoms with E-state index in [0.717, 1.165) is 76.0 Å². The Bertz CT molecular complexity index is 1820. The summed E-state index contributed by atoms with van der Waals surface area (Å²) in [4.78, 5) is 33.9. The number of piperidine rings is 1. The van der Waals surface area contributed by atoms with Crippen LogP contribution >= 0.6 is 0 Å². The van der Waals surface area contributed by atoms with Gasteiger partial charge in [-0.1, -0.05) is 6.07 Å². The lowest BCUT2D eigenvalue weighted by molar-refractivity contribution is -0.117. The molecule has 6 aromatic rings. The first-order chi connectivity index (χ1) is 19.7. The maximum Gasteiger partial charge on any atom is 0.224 e. The van der Waals surface area contributed by atoms with Gasteiger partial charge in [-0.15, -0.1) is 0 Å². The summed E-state index contributed by atoms with van der Waals surface area (Å²) in [5.74, 6) is 0.443. The molecule has 0 saturated carbocycles. The number of pyridine rings is 4. The summed E-state index contributed by atoms with van der Waals surface area (Å²) in [6.45, 7) is 1.95. The number of fused-ring (bicyclic) bond motifs is 2. The summed E-state index contributed by atoms with van der Waals surface area (Å²) < 4.78 is 0. The molecule has 6 aromatic heterocycles. The number of hydrogen-bond acceptors (Lipinski definition) is 7. The van der Waals surface area contributed by atoms with Gasteiger partial charge in [0.15, 0.2) is 5.65 Å². The van der Waals surface area contributed by atoms with E-state index >= 15 is 0 Å². The Morgan fingerprint density at radius 3 is 2.65 bits per heavy atom. The van der Waals surface area contributed by atoms with Crippen LogP contribution in [0, 0.1) is 5.92 Å². The summed E-state index contributed by atoms with van der Waals surface area (Å²) in [7, 11) is 0. The molecule has 1 aliphatic heterocycles. The lowest BCUT2D eigenvalue weighted by atomic mass is 9.94. The topological polar surface area (TPSA) is 137 Å². The average molecular weight is 530 g/mol. The van der Waals surface area contributed by atoms with Crippen molar-refractivity contribution in [2.75, 3.05) is 18.4 Å². The standard InChI is InChI=1S/C30H27N9O/c40-27(10-18-3-7-31-8-4-18)36-22-11-20(15-33-17-22)21-12-25-28(38-39-30(25)35-16-21)26-13-24-23(5-9-34-29(24)37-26)19-2-1-6-32-14-19/h1-2,5-6,9,11-18,31H,3-4,7-8,10H2,(H,34,37)(H,36,40)(H,35,38,39). The highest BCUT2D eigenvalue weighted by molar-refractivity contribution is 6.00. The van der Waals surface area contributed by atoms with Gasteiger partial charge in [-0.25, -0.2) is 9.97 Å². The van der Waals surface area contributed by atoms with Crippen molar-refractivity contribution in [2.45, 2.75) is 19.3 Å². The van der Waals surface area contributed by atoms with E-state index in [1.807, 2.05) is 36.5 Å². The number of hydrogen-bond donors (Lipinski definition) is 4. The fraction of sp³-hybridized carbons (Fsp3) is 0.200. The van der Waals surface area contributed by atoms with Crippen LogP contribution in [0.25, 0.3) is 55.7 Å². The molecule has 0 atom stereocenters. The van der Waals surface area contributed by atoms with Crippen molar-refractivity contribution in [1.29, 1.82) is 0 Å². The predicted octanol–water partition coefficient (Wildman–Crippen LogP) is 4.95. The molecular weight excluding hydrogens is 502 g/mol. The van der Waals surface area contributed by atoms with Crippen LogP contribution < -0.4 is 10.6 Å². The molecule has 40 heavy (non-hydrogen) atoms. The molecule has 10 nitrogen and oxygen atoms in total. The van der Waals surface area contributed by atoms with E-state index in [0.29, 0.717) is 23.7 Å². The number of amides is 1. The molecule has 10 heteroatoms. The molecule has 0 bridgehead atoms. The van der Waals surface area contributed by atoms with E-state index in [1.54, 1.807) is 31.0 Å². The fourth-order valence-electron chi connectivity index (χ4n) is 5.42. The maximum absolute atomic E-state index is 12.7. The van der Waals surface area contributed by atoms with Crippen molar-refractivity contribution < 1.29 is 4.79 Å². The smallest absolute Gasteiger partial charge is 0.224 e. The molecule has 1 amide bonds. The molecule has 0 aromatic carbocycles. The van der Waals surface area contributed by atoms with E-state index in [2.05, 4.69) is 51.8 Å². The Hall–Kier alpha value is -4.96. The molecule has 0 aliphatic carbocycles. The molecule has 0 unspecified atom stereocenters. The zero-order chi connectivity index (χ0) is 26.9. The average Bonchev–Trinajstić information content (AvgIpc) is 3.62. The van der Waals surface area contributed by atoms with Crippen molar-refractivity contribution in [1.82, 2.24) is 40.4 Å². The Balaban J connectivity index is 1.19.